The summed E-state index contributed by atoms with van der Waals surface area (Å²) < 4.78 is 0. The van der Waals surface area contributed by atoms with Crippen molar-refractivity contribution >= 4 is 11.3 Å². The molecular formula is C15H26N2S. The quantitative estimate of drug-likeness (QED) is 0.845. The van der Waals surface area contributed by atoms with Crippen molar-refractivity contribution in [3.05, 3.63) is 16.6 Å². The van der Waals surface area contributed by atoms with Crippen molar-refractivity contribution in [2.45, 2.75) is 58.4 Å². The standard InChI is InChI=1S/C15H26N2S/c1-3-8-16-14(11-15-17-9-10-18-15)13-6-4-12(2)5-7-13/h9-10,12-14,16H,3-8,11H2,1-2H3. The predicted molar refractivity (Wildman–Crippen MR) is 79.0 cm³/mol. The van der Waals surface area contributed by atoms with Crippen LogP contribution in [0.2, 0.25) is 0 Å². The van der Waals surface area contributed by atoms with E-state index in [1.807, 2.05) is 6.20 Å². The van der Waals surface area contributed by atoms with Crippen LogP contribution < -0.4 is 5.32 Å². The average Bonchev–Trinajstić information content (AvgIpc) is 2.88. The van der Waals surface area contributed by atoms with Gasteiger partial charge in [-0.3, -0.25) is 0 Å². The van der Waals surface area contributed by atoms with E-state index in [0.29, 0.717) is 6.04 Å². The number of aromatic nitrogens is 1. The van der Waals surface area contributed by atoms with Crippen LogP contribution in [0.25, 0.3) is 0 Å². The highest BCUT2D eigenvalue weighted by Gasteiger charge is 2.26. The van der Waals surface area contributed by atoms with E-state index in [1.165, 1.54) is 37.1 Å². The Morgan fingerprint density at radius 3 is 2.78 bits per heavy atom. The molecule has 2 nitrogen and oxygen atoms in total. The zero-order valence-corrected chi connectivity index (χ0v) is 12.5. The topological polar surface area (TPSA) is 24.9 Å². The molecule has 1 aromatic rings. The highest BCUT2D eigenvalue weighted by atomic mass is 32.1. The van der Waals surface area contributed by atoms with E-state index >= 15 is 0 Å². The van der Waals surface area contributed by atoms with Gasteiger partial charge >= 0.3 is 0 Å². The Balaban J connectivity index is 1.91. The molecule has 1 aromatic heterocycles. The number of nitrogens with one attached hydrogen (secondary N) is 1. The van der Waals surface area contributed by atoms with Crippen LogP contribution in [0.4, 0.5) is 0 Å². The Kier molecular flexibility index (Phi) is 5.64. The highest BCUT2D eigenvalue weighted by Crippen LogP contribution is 2.31. The lowest BCUT2D eigenvalue weighted by Gasteiger charge is -2.33. The van der Waals surface area contributed by atoms with Gasteiger partial charge in [0.15, 0.2) is 0 Å². The molecular weight excluding hydrogens is 240 g/mol. The van der Waals surface area contributed by atoms with Gasteiger partial charge in [0.1, 0.15) is 0 Å². The van der Waals surface area contributed by atoms with E-state index in [-0.39, 0.29) is 0 Å². The molecule has 0 bridgehead atoms. The van der Waals surface area contributed by atoms with Crippen molar-refractivity contribution in [3.63, 3.8) is 0 Å². The summed E-state index contributed by atoms with van der Waals surface area (Å²) in [4.78, 5) is 4.45. The van der Waals surface area contributed by atoms with Gasteiger partial charge in [-0.25, -0.2) is 4.98 Å². The van der Waals surface area contributed by atoms with Crippen molar-refractivity contribution in [1.82, 2.24) is 10.3 Å². The summed E-state index contributed by atoms with van der Waals surface area (Å²) >= 11 is 1.80. The summed E-state index contributed by atoms with van der Waals surface area (Å²) in [5.74, 6) is 1.80. The monoisotopic (exact) mass is 266 g/mol. The number of nitrogens with zero attached hydrogens (tertiary/aromatic N) is 1. The third kappa shape index (κ3) is 4.06. The Morgan fingerprint density at radius 2 is 2.17 bits per heavy atom. The zero-order chi connectivity index (χ0) is 12.8. The SMILES string of the molecule is CCCNC(Cc1nccs1)C1CCC(C)CC1. The largest absolute Gasteiger partial charge is 0.313 e. The second-order valence-electron chi connectivity index (χ2n) is 5.71. The van der Waals surface area contributed by atoms with Gasteiger partial charge in [-0.15, -0.1) is 11.3 Å². The lowest BCUT2D eigenvalue weighted by Crippen LogP contribution is -2.40. The lowest BCUT2D eigenvalue weighted by atomic mass is 9.78. The predicted octanol–water partition coefficient (Wildman–Crippen LogP) is 3.88. The summed E-state index contributed by atoms with van der Waals surface area (Å²) in [6, 6.07) is 0.642. The Labute approximate surface area is 115 Å². The van der Waals surface area contributed by atoms with Crippen LogP contribution in [-0.4, -0.2) is 17.6 Å². The van der Waals surface area contributed by atoms with Crippen LogP contribution in [0.5, 0.6) is 0 Å². The van der Waals surface area contributed by atoms with Crippen molar-refractivity contribution < 1.29 is 0 Å². The molecule has 0 radical (unpaired) electrons. The maximum atomic E-state index is 4.45. The first-order valence-corrected chi connectivity index (χ1v) is 8.29. The lowest BCUT2D eigenvalue weighted by molar-refractivity contribution is 0.229. The maximum absolute atomic E-state index is 4.45. The maximum Gasteiger partial charge on any atom is 0.0940 e. The minimum Gasteiger partial charge on any atom is -0.313 e. The first kappa shape index (κ1) is 14.0. The van der Waals surface area contributed by atoms with Crippen molar-refractivity contribution in [1.29, 1.82) is 0 Å². The molecule has 0 saturated heterocycles. The molecule has 1 atom stereocenters. The second kappa shape index (κ2) is 7.25. The van der Waals surface area contributed by atoms with Crippen LogP contribution >= 0.6 is 11.3 Å². The molecule has 0 aromatic carbocycles. The molecule has 3 heteroatoms. The van der Waals surface area contributed by atoms with E-state index in [0.717, 1.165) is 24.8 Å². The third-order valence-corrected chi connectivity index (χ3v) is 4.97. The molecule has 1 aliphatic carbocycles. The molecule has 0 amide bonds. The van der Waals surface area contributed by atoms with E-state index in [1.54, 1.807) is 11.3 Å². The molecule has 0 aliphatic heterocycles. The van der Waals surface area contributed by atoms with Gasteiger partial charge in [0.05, 0.1) is 5.01 Å². The molecule has 0 spiro atoms. The van der Waals surface area contributed by atoms with Crippen LogP contribution in [0.1, 0.15) is 51.0 Å². The highest BCUT2D eigenvalue weighted by molar-refractivity contribution is 7.09. The van der Waals surface area contributed by atoms with E-state index < -0.39 is 0 Å². The fourth-order valence-corrected chi connectivity index (χ4v) is 3.64. The van der Waals surface area contributed by atoms with Gasteiger partial charge in [-0.1, -0.05) is 26.7 Å². The molecule has 1 fully saturated rings. The van der Waals surface area contributed by atoms with Crippen LogP contribution in [-0.2, 0) is 6.42 Å². The normalized spacial score (nSPS) is 26.1. The van der Waals surface area contributed by atoms with Crippen molar-refractivity contribution in [3.8, 4) is 0 Å². The van der Waals surface area contributed by atoms with Crippen LogP contribution in [0.15, 0.2) is 11.6 Å². The summed E-state index contributed by atoms with van der Waals surface area (Å²) in [5.41, 5.74) is 0. The van der Waals surface area contributed by atoms with Crippen LogP contribution in [0, 0.1) is 11.8 Å². The van der Waals surface area contributed by atoms with Gasteiger partial charge < -0.3 is 5.32 Å². The van der Waals surface area contributed by atoms with Gasteiger partial charge in [0.25, 0.3) is 0 Å². The first-order valence-electron chi connectivity index (χ1n) is 7.41. The molecule has 2 rings (SSSR count). The van der Waals surface area contributed by atoms with Gasteiger partial charge in [-0.05, 0) is 37.6 Å². The number of thiazole rings is 1. The van der Waals surface area contributed by atoms with E-state index in [9.17, 15) is 0 Å². The minimum absolute atomic E-state index is 0.642. The molecule has 1 N–H and O–H groups in total. The molecule has 102 valence electrons. The molecule has 1 unspecified atom stereocenters. The second-order valence-corrected chi connectivity index (χ2v) is 6.69. The number of hydrogen-bond donors (Lipinski definition) is 1. The first-order chi connectivity index (χ1) is 8.79. The number of hydrogen-bond acceptors (Lipinski definition) is 3. The Bertz CT molecular complexity index is 315. The summed E-state index contributed by atoms with van der Waals surface area (Å²) in [6.45, 7) is 5.78. The fourth-order valence-electron chi connectivity index (χ4n) is 2.97. The molecule has 1 saturated carbocycles. The van der Waals surface area contributed by atoms with E-state index in [4.69, 9.17) is 0 Å². The Hall–Kier alpha value is -0.410. The summed E-state index contributed by atoms with van der Waals surface area (Å²) in [7, 11) is 0. The molecule has 1 aliphatic rings. The minimum atomic E-state index is 0.642. The smallest absolute Gasteiger partial charge is 0.0940 e. The fraction of sp³-hybridized carbons (Fsp3) is 0.800. The van der Waals surface area contributed by atoms with Crippen molar-refractivity contribution in [2.75, 3.05) is 6.54 Å². The summed E-state index contributed by atoms with van der Waals surface area (Å²) in [6.07, 6.45) is 9.88. The zero-order valence-electron chi connectivity index (χ0n) is 11.7. The van der Waals surface area contributed by atoms with Gasteiger partial charge in [0.2, 0.25) is 0 Å². The van der Waals surface area contributed by atoms with Crippen molar-refractivity contribution in [2.24, 2.45) is 11.8 Å². The van der Waals surface area contributed by atoms with Gasteiger partial charge in [-0.2, -0.15) is 0 Å². The van der Waals surface area contributed by atoms with Crippen LogP contribution in [0.3, 0.4) is 0 Å². The number of rotatable bonds is 6. The summed E-state index contributed by atoms with van der Waals surface area (Å²) in [5, 5.41) is 7.15. The average molecular weight is 266 g/mol. The molecule has 1 heterocycles. The third-order valence-electron chi connectivity index (χ3n) is 4.16. The Morgan fingerprint density at radius 1 is 1.39 bits per heavy atom. The van der Waals surface area contributed by atoms with Gasteiger partial charge in [0, 0.05) is 24.0 Å². The molecule has 18 heavy (non-hydrogen) atoms. The van der Waals surface area contributed by atoms with E-state index in [2.05, 4.69) is 29.5 Å².